The highest BCUT2D eigenvalue weighted by atomic mass is 16.5. The lowest BCUT2D eigenvalue weighted by molar-refractivity contribution is 0.341. The van der Waals surface area contributed by atoms with E-state index in [1.165, 1.54) is 5.56 Å². The van der Waals surface area contributed by atoms with Crippen molar-refractivity contribution in [2.24, 2.45) is 5.92 Å². The quantitative estimate of drug-likeness (QED) is 0.805. The highest BCUT2D eigenvalue weighted by Crippen LogP contribution is 2.36. The molecule has 0 saturated heterocycles. The monoisotopic (exact) mass is 251 g/mol. The van der Waals surface area contributed by atoms with Crippen molar-refractivity contribution in [3.63, 3.8) is 0 Å². The predicted molar refractivity (Wildman–Crippen MR) is 75.4 cm³/mol. The number of ether oxygens (including phenoxy) is 2. The summed E-state index contributed by atoms with van der Waals surface area (Å²) in [6, 6.07) is 6.36. The second kappa shape index (κ2) is 7.27. The third-order valence-electron chi connectivity index (χ3n) is 2.97. The Morgan fingerprint density at radius 1 is 1.17 bits per heavy atom. The van der Waals surface area contributed by atoms with Crippen molar-refractivity contribution in [2.75, 3.05) is 20.8 Å². The zero-order valence-electron chi connectivity index (χ0n) is 12.1. The first-order chi connectivity index (χ1) is 8.63. The van der Waals surface area contributed by atoms with Gasteiger partial charge in [-0.05, 0) is 24.9 Å². The van der Waals surface area contributed by atoms with Gasteiger partial charge in [0.15, 0.2) is 11.5 Å². The first kappa shape index (κ1) is 14.8. The summed E-state index contributed by atoms with van der Waals surface area (Å²) in [5, 5.41) is 3.52. The van der Waals surface area contributed by atoms with Gasteiger partial charge in [0.1, 0.15) is 0 Å². The fourth-order valence-electron chi connectivity index (χ4n) is 2.22. The summed E-state index contributed by atoms with van der Waals surface area (Å²) >= 11 is 0. The molecule has 0 radical (unpaired) electrons. The van der Waals surface area contributed by atoms with Crippen LogP contribution in [0.2, 0.25) is 0 Å². The first-order valence-electron chi connectivity index (χ1n) is 6.58. The van der Waals surface area contributed by atoms with Crippen molar-refractivity contribution in [1.29, 1.82) is 0 Å². The zero-order chi connectivity index (χ0) is 13.5. The van der Waals surface area contributed by atoms with E-state index in [-0.39, 0.29) is 0 Å². The van der Waals surface area contributed by atoms with E-state index < -0.39 is 0 Å². The molecule has 1 aromatic rings. The summed E-state index contributed by atoms with van der Waals surface area (Å²) < 4.78 is 10.9. The Morgan fingerprint density at radius 3 is 2.39 bits per heavy atom. The van der Waals surface area contributed by atoms with Crippen LogP contribution in [0.15, 0.2) is 18.2 Å². The molecule has 1 unspecified atom stereocenters. The van der Waals surface area contributed by atoms with Gasteiger partial charge in [-0.2, -0.15) is 0 Å². The number of para-hydroxylation sites is 1. The summed E-state index contributed by atoms with van der Waals surface area (Å²) in [4.78, 5) is 0. The molecular formula is C15H25NO2. The number of hydrogen-bond acceptors (Lipinski definition) is 3. The van der Waals surface area contributed by atoms with Crippen LogP contribution < -0.4 is 14.8 Å². The van der Waals surface area contributed by atoms with Crippen LogP contribution in [0.3, 0.4) is 0 Å². The van der Waals surface area contributed by atoms with Gasteiger partial charge in [0.25, 0.3) is 0 Å². The maximum atomic E-state index is 5.51. The van der Waals surface area contributed by atoms with Crippen LogP contribution in [0.5, 0.6) is 11.5 Å². The van der Waals surface area contributed by atoms with Crippen LogP contribution >= 0.6 is 0 Å². The van der Waals surface area contributed by atoms with Crippen LogP contribution in [0.4, 0.5) is 0 Å². The summed E-state index contributed by atoms with van der Waals surface area (Å²) in [6.45, 7) is 7.53. The molecule has 18 heavy (non-hydrogen) atoms. The number of methoxy groups -OCH3 is 2. The Bertz CT molecular complexity index is 364. The first-order valence-corrected chi connectivity index (χ1v) is 6.58. The van der Waals surface area contributed by atoms with E-state index in [1.54, 1.807) is 14.2 Å². The van der Waals surface area contributed by atoms with Gasteiger partial charge in [-0.15, -0.1) is 0 Å². The molecule has 0 saturated carbocycles. The molecule has 0 fully saturated rings. The third-order valence-corrected chi connectivity index (χ3v) is 2.97. The average Bonchev–Trinajstić information content (AvgIpc) is 2.36. The van der Waals surface area contributed by atoms with E-state index >= 15 is 0 Å². The lowest BCUT2D eigenvalue weighted by Gasteiger charge is -2.23. The van der Waals surface area contributed by atoms with E-state index in [0.29, 0.717) is 12.0 Å². The van der Waals surface area contributed by atoms with Crippen LogP contribution in [-0.2, 0) is 0 Å². The normalized spacial score (nSPS) is 12.6. The molecule has 0 spiro atoms. The molecule has 0 heterocycles. The minimum Gasteiger partial charge on any atom is -0.493 e. The highest BCUT2D eigenvalue weighted by Gasteiger charge is 2.19. The van der Waals surface area contributed by atoms with E-state index in [1.807, 2.05) is 12.1 Å². The van der Waals surface area contributed by atoms with Crippen molar-refractivity contribution in [3.05, 3.63) is 23.8 Å². The summed E-state index contributed by atoms with van der Waals surface area (Å²) in [6.07, 6.45) is 1.08. The smallest absolute Gasteiger partial charge is 0.165 e. The molecule has 0 bridgehead atoms. The van der Waals surface area contributed by atoms with Gasteiger partial charge in [-0.3, -0.25) is 0 Å². The largest absolute Gasteiger partial charge is 0.493 e. The van der Waals surface area contributed by atoms with Gasteiger partial charge >= 0.3 is 0 Å². The Morgan fingerprint density at radius 2 is 1.89 bits per heavy atom. The molecular weight excluding hydrogens is 226 g/mol. The molecule has 0 aliphatic heterocycles. The van der Waals surface area contributed by atoms with Gasteiger partial charge in [-0.1, -0.05) is 32.9 Å². The molecule has 1 N–H and O–H groups in total. The minimum atomic E-state index is 0.306. The molecule has 3 heteroatoms. The zero-order valence-corrected chi connectivity index (χ0v) is 12.1. The average molecular weight is 251 g/mol. The molecule has 1 aromatic carbocycles. The van der Waals surface area contributed by atoms with Gasteiger partial charge in [0.2, 0.25) is 0 Å². The van der Waals surface area contributed by atoms with Gasteiger partial charge in [0, 0.05) is 11.6 Å². The summed E-state index contributed by atoms with van der Waals surface area (Å²) in [5.74, 6) is 2.26. The molecule has 3 nitrogen and oxygen atoms in total. The van der Waals surface area contributed by atoms with Crippen molar-refractivity contribution in [3.8, 4) is 11.5 Å². The maximum absolute atomic E-state index is 5.51. The number of nitrogens with one attached hydrogen (secondary N) is 1. The van der Waals surface area contributed by atoms with Crippen LogP contribution in [-0.4, -0.2) is 20.8 Å². The molecule has 0 amide bonds. The third kappa shape index (κ3) is 3.64. The second-order valence-electron chi connectivity index (χ2n) is 4.82. The molecule has 0 aliphatic carbocycles. The Hall–Kier alpha value is -1.22. The SMILES string of the molecule is CCNC(CC(C)C)c1cccc(OC)c1OC. The second-order valence-corrected chi connectivity index (χ2v) is 4.82. The minimum absolute atomic E-state index is 0.306. The Labute approximate surface area is 110 Å². The van der Waals surface area contributed by atoms with E-state index in [9.17, 15) is 0 Å². The number of rotatable bonds is 7. The summed E-state index contributed by atoms with van der Waals surface area (Å²) in [7, 11) is 3.37. The Kier molecular flexibility index (Phi) is 5.99. The molecule has 1 rings (SSSR count). The maximum Gasteiger partial charge on any atom is 0.165 e. The van der Waals surface area contributed by atoms with Crippen molar-refractivity contribution >= 4 is 0 Å². The number of hydrogen-bond donors (Lipinski definition) is 1. The van der Waals surface area contributed by atoms with Gasteiger partial charge < -0.3 is 14.8 Å². The lowest BCUT2D eigenvalue weighted by Crippen LogP contribution is -2.23. The standard InChI is InChI=1S/C15H25NO2/c1-6-16-13(10-11(2)3)12-8-7-9-14(17-4)15(12)18-5/h7-9,11,13,16H,6,10H2,1-5H3. The molecule has 0 aromatic heterocycles. The van der Waals surface area contributed by atoms with E-state index in [4.69, 9.17) is 9.47 Å². The van der Waals surface area contributed by atoms with Crippen LogP contribution in [0, 0.1) is 5.92 Å². The van der Waals surface area contributed by atoms with E-state index in [0.717, 1.165) is 24.5 Å². The summed E-state index contributed by atoms with van der Waals surface area (Å²) in [5.41, 5.74) is 1.17. The molecule has 1 atom stereocenters. The molecule has 0 aliphatic rings. The van der Waals surface area contributed by atoms with Gasteiger partial charge in [0.05, 0.1) is 14.2 Å². The van der Waals surface area contributed by atoms with Crippen molar-refractivity contribution in [1.82, 2.24) is 5.32 Å². The van der Waals surface area contributed by atoms with Gasteiger partial charge in [-0.25, -0.2) is 0 Å². The lowest BCUT2D eigenvalue weighted by atomic mass is 9.96. The van der Waals surface area contributed by atoms with Crippen molar-refractivity contribution < 1.29 is 9.47 Å². The van der Waals surface area contributed by atoms with Crippen molar-refractivity contribution in [2.45, 2.75) is 33.2 Å². The number of benzene rings is 1. The predicted octanol–water partition coefficient (Wildman–Crippen LogP) is 3.40. The Balaban J connectivity index is 3.09. The topological polar surface area (TPSA) is 30.5 Å². The molecule has 102 valence electrons. The highest BCUT2D eigenvalue weighted by molar-refractivity contribution is 5.48. The fourth-order valence-corrected chi connectivity index (χ4v) is 2.22. The fraction of sp³-hybridized carbons (Fsp3) is 0.600. The van der Waals surface area contributed by atoms with Crippen LogP contribution in [0.1, 0.15) is 38.8 Å². The van der Waals surface area contributed by atoms with Crippen LogP contribution in [0.25, 0.3) is 0 Å². The van der Waals surface area contributed by atoms with E-state index in [2.05, 4.69) is 32.2 Å².